The number of nitrogen functional groups attached to an aromatic ring is 1. The van der Waals surface area contributed by atoms with Crippen LogP contribution in [-0.2, 0) is 6.18 Å². The third-order valence-electron chi connectivity index (χ3n) is 4.34. The Morgan fingerprint density at radius 1 is 1.30 bits per heavy atom. The van der Waals surface area contributed by atoms with Crippen molar-refractivity contribution in [2.24, 2.45) is 0 Å². The molecule has 0 heterocycles. The van der Waals surface area contributed by atoms with Crippen molar-refractivity contribution >= 4 is 11.7 Å². The first kappa shape index (κ1) is 17.5. The van der Waals surface area contributed by atoms with Gasteiger partial charge in [-0.05, 0) is 42.9 Å². The van der Waals surface area contributed by atoms with E-state index in [0.717, 1.165) is 0 Å². The summed E-state index contributed by atoms with van der Waals surface area (Å²) in [4.78, 5) is 11.1. The third-order valence-corrected chi connectivity index (χ3v) is 4.34. The molecule has 1 aromatic rings. The molecule has 0 bridgehead atoms. The third kappa shape index (κ3) is 3.40. The maximum Gasteiger partial charge on any atom is 0.416 e. The van der Waals surface area contributed by atoms with Crippen LogP contribution in [-0.4, -0.2) is 17.0 Å². The predicted octanol–water partition coefficient (Wildman–Crippen LogP) is 4.59. The molecule has 128 valence electrons. The van der Waals surface area contributed by atoms with Crippen molar-refractivity contribution in [3.05, 3.63) is 28.3 Å². The van der Waals surface area contributed by atoms with Gasteiger partial charge in [-0.3, -0.25) is 0 Å². The molecule has 1 aliphatic rings. The van der Waals surface area contributed by atoms with Crippen molar-refractivity contribution < 1.29 is 31.9 Å². The molecule has 0 unspecified atom stereocenters. The lowest BCUT2D eigenvalue weighted by atomic mass is 9.77. The molecule has 3 N–H and O–H groups in total. The zero-order valence-electron chi connectivity index (χ0n) is 12.3. The molecule has 0 spiro atoms. The second kappa shape index (κ2) is 5.65. The SMILES string of the molecule is Cc1c(N)c(C(=O)O)cc(C(F)(F)F)c1C1CCC(F)(F)CC1. The van der Waals surface area contributed by atoms with Crippen LogP contribution in [0.1, 0.15) is 58.6 Å². The van der Waals surface area contributed by atoms with E-state index >= 15 is 0 Å². The number of benzene rings is 1. The number of carboxylic acid groups (broad SMARTS) is 1. The average Bonchev–Trinajstić information content (AvgIpc) is 2.40. The van der Waals surface area contributed by atoms with E-state index in [1.807, 2.05) is 0 Å². The molecule has 2 rings (SSSR count). The van der Waals surface area contributed by atoms with Gasteiger partial charge in [0.15, 0.2) is 0 Å². The molecule has 1 saturated carbocycles. The summed E-state index contributed by atoms with van der Waals surface area (Å²) >= 11 is 0. The Morgan fingerprint density at radius 3 is 2.26 bits per heavy atom. The molecule has 0 radical (unpaired) electrons. The van der Waals surface area contributed by atoms with Gasteiger partial charge in [0.2, 0.25) is 5.92 Å². The molecule has 3 nitrogen and oxygen atoms in total. The van der Waals surface area contributed by atoms with Gasteiger partial charge in [-0.2, -0.15) is 13.2 Å². The lowest BCUT2D eigenvalue weighted by Gasteiger charge is -2.31. The van der Waals surface area contributed by atoms with Crippen LogP contribution in [0.5, 0.6) is 0 Å². The number of hydrogen-bond acceptors (Lipinski definition) is 2. The minimum absolute atomic E-state index is 0.00689. The fourth-order valence-corrected chi connectivity index (χ4v) is 3.12. The highest BCUT2D eigenvalue weighted by atomic mass is 19.4. The molecule has 0 aliphatic heterocycles. The maximum atomic E-state index is 13.3. The van der Waals surface area contributed by atoms with Crippen LogP contribution in [0.3, 0.4) is 0 Å². The highest BCUT2D eigenvalue weighted by molar-refractivity contribution is 5.95. The van der Waals surface area contributed by atoms with Crippen LogP contribution in [0.25, 0.3) is 0 Å². The van der Waals surface area contributed by atoms with Crippen LogP contribution < -0.4 is 5.73 Å². The molecule has 1 fully saturated rings. The fraction of sp³-hybridized carbons (Fsp3) is 0.533. The number of carboxylic acids is 1. The standard InChI is InChI=1S/C15H16F5NO2/c1-7-11(8-2-4-14(16,17)5-3-8)10(15(18,19)20)6-9(12(7)21)13(22)23/h6,8H,2-5,21H2,1H3,(H,22,23). The van der Waals surface area contributed by atoms with Crippen molar-refractivity contribution in [2.75, 3.05) is 5.73 Å². The summed E-state index contributed by atoms with van der Waals surface area (Å²) in [5.74, 6) is -5.13. The minimum Gasteiger partial charge on any atom is -0.478 e. The Labute approximate surface area is 129 Å². The van der Waals surface area contributed by atoms with Crippen molar-refractivity contribution in [1.29, 1.82) is 0 Å². The number of aromatic carboxylic acids is 1. The number of alkyl halides is 5. The first-order chi connectivity index (χ1) is 10.4. The molecule has 1 aliphatic carbocycles. The summed E-state index contributed by atoms with van der Waals surface area (Å²) in [6.07, 6.45) is -5.95. The fourth-order valence-electron chi connectivity index (χ4n) is 3.12. The van der Waals surface area contributed by atoms with E-state index in [1.165, 1.54) is 6.92 Å². The number of halogens is 5. The van der Waals surface area contributed by atoms with E-state index < -0.39 is 48.0 Å². The predicted molar refractivity (Wildman–Crippen MR) is 73.7 cm³/mol. The van der Waals surface area contributed by atoms with E-state index in [1.54, 1.807) is 0 Å². The molecule has 1 aromatic carbocycles. The molecule has 8 heteroatoms. The van der Waals surface area contributed by atoms with Gasteiger partial charge in [0, 0.05) is 18.5 Å². The lowest BCUT2D eigenvalue weighted by molar-refractivity contribution is -0.138. The zero-order valence-corrected chi connectivity index (χ0v) is 12.3. The Balaban J connectivity index is 2.58. The number of rotatable bonds is 2. The van der Waals surface area contributed by atoms with E-state index in [4.69, 9.17) is 10.8 Å². The van der Waals surface area contributed by atoms with Crippen LogP contribution in [0, 0.1) is 6.92 Å². The van der Waals surface area contributed by atoms with Gasteiger partial charge in [-0.15, -0.1) is 0 Å². The summed E-state index contributed by atoms with van der Waals surface area (Å²) in [6.45, 7) is 1.30. The average molecular weight is 337 g/mol. The van der Waals surface area contributed by atoms with Gasteiger partial charge in [-0.25, -0.2) is 13.6 Å². The second-order valence-corrected chi connectivity index (χ2v) is 5.86. The first-order valence-electron chi connectivity index (χ1n) is 7.05. The summed E-state index contributed by atoms with van der Waals surface area (Å²) in [6, 6.07) is 0.507. The summed E-state index contributed by atoms with van der Waals surface area (Å²) < 4.78 is 66.5. The Hall–Kier alpha value is -1.86. The molecular weight excluding hydrogens is 321 g/mol. The molecular formula is C15H16F5NO2. The summed E-state index contributed by atoms with van der Waals surface area (Å²) in [5.41, 5.74) is 3.53. The van der Waals surface area contributed by atoms with Crippen molar-refractivity contribution in [2.45, 2.75) is 50.6 Å². The van der Waals surface area contributed by atoms with Crippen molar-refractivity contribution in [3.63, 3.8) is 0 Å². The Kier molecular flexibility index (Phi) is 4.30. The lowest BCUT2D eigenvalue weighted by Crippen LogP contribution is -2.26. The number of nitrogens with two attached hydrogens (primary N) is 1. The summed E-state index contributed by atoms with van der Waals surface area (Å²) in [7, 11) is 0. The van der Waals surface area contributed by atoms with Crippen LogP contribution in [0.15, 0.2) is 6.07 Å². The highest BCUT2D eigenvalue weighted by Crippen LogP contribution is 2.47. The Morgan fingerprint density at radius 2 is 1.83 bits per heavy atom. The Bertz CT molecular complexity index is 630. The van der Waals surface area contributed by atoms with Gasteiger partial charge in [0.05, 0.1) is 11.1 Å². The van der Waals surface area contributed by atoms with Crippen LogP contribution in [0.4, 0.5) is 27.6 Å². The quantitative estimate of drug-likeness (QED) is 0.613. The van der Waals surface area contributed by atoms with E-state index in [9.17, 15) is 26.7 Å². The number of carbonyl (C=O) groups is 1. The van der Waals surface area contributed by atoms with Gasteiger partial charge < -0.3 is 10.8 Å². The number of anilines is 1. The second-order valence-electron chi connectivity index (χ2n) is 5.86. The number of hydrogen-bond donors (Lipinski definition) is 2. The van der Waals surface area contributed by atoms with Crippen molar-refractivity contribution in [3.8, 4) is 0 Å². The van der Waals surface area contributed by atoms with Gasteiger partial charge in [0.25, 0.3) is 0 Å². The smallest absolute Gasteiger partial charge is 0.416 e. The van der Waals surface area contributed by atoms with Gasteiger partial charge in [0.1, 0.15) is 0 Å². The molecule has 23 heavy (non-hydrogen) atoms. The normalized spacial score (nSPS) is 18.9. The van der Waals surface area contributed by atoms with Gasteiger partial charge in [-0.1, -0.05) is 0 Å². The van der Waals surface area contributed by atoms with Crippen LogP contribution >= 0.6 is 0 Å². The molecule has 0 amide bonds. The molecule has 0 saturated heterocycles. The molecule has 0 atom stereocenters. The van der Waals surface area contributed by atoms with Crippen LogP contribution in [0.2, 0.25) is 0 Å². The maximum absolute atomic E-state index is 13.3. The van der Waals surface area contributed by atoms with Crippen molar-refractivity contribution in [1.82, 2.24) is 0 Å². The largest absolute Gasteiger partial charge is 0.478 e. The van der Waals surface area contributed by atoms with E-state index in [-0.39, 0.29) is 29.7 Å². The zero-order chi connectivity index (χ0) is 17.6. The minimum atomic E-state index is -4.78. The molecule has 0 aromatic heterocycles. The monoisotopic (exact) mass is 337 g/mol. The van der Waals surface area contributed by atoms with E-state index in [2.05, 4.69) is 0 Å². The van der Waals surface area contributed by atoms with Gasteiger partial charge >= 0.3 is 12.1 Å². The topological polar surface area (TPSA) is 63.3 Å². The first-order valence-corrected chi connectivity index (χ1v) is 7.05. The highest BCUT2D eigenvalue weighted by Gasteiger charge is 2.41. The summed E-state index contributed by atoms with van der Waals surface area (Å²) in [5, 5.41) is 9.00. The van der Waals surface area contributed by atoms with E-state index in [0.29, 0.717) is 6.07 Å².